The fraction of sp³-hybridized carbons (Fsp3) is 0.304. The van der Waals surface area contributed by atoms with Gasteiger partial charge in [0.05, 0.1) is 12.1 Å². The van der Waals surface area contributed by atoms with E-state index in [9.17, 15) is 14.7 Å². The van der Waals surface area contributed by atoms with Crippen molar-refractivity contribution in [2.75, 3.05) is 13.1 Å². The van der Waals surface area contributed by atoms with Gasteiger partial charge in [-0.1, -0.05) is 36.4 Å². The molecule has 3 aromatic rings. The summed E-state index contributed by atoms with van der Waals surface area (Å²) >= 11 is 0. The zero-order valence-corrected chi connectivity index (χ0v) is 16.0. The predicted octanol–water partition coefficient (Wildman–Crippen LogP) is 2.74. The highest BCUT2D eigenvalue weighted by atomic mass is 16.3. The Bertz CT molecular complexity index is 1090. The summed E-state index contributed by atoms with van der Waals surface area (Å²) in [7, 11) is 1.86. The molecule has 1 fully saturated rings. The maximum Gasteiger partial charge on any atom is 0.259 e. The van der Waals surface area contributed by atoms with E-state index < -0.39 is 0 Å². The summed E-state index contributed by atoms with van der Waals surface area (Å²) in [6, 6.07) is 15.3. The molecular formula is C23H24N2O3. The molecule has 0 saturated carbocycles. The lowest BCUT2D eigenvalue weighted by molar-refractivity contribution is 0.0785. The van der Waals surface area contributed by atoms with Gasteiger partial charge >= 0.3 is 0 Å². The number of carbonyl (C=O) groups excluding carboxylic acids is 1. The summed E-state index contributed by atoms with van der Waals surface area (Å²) in [5, 5.41) is 9.88. The zero-order chi connectivity index (χ0) is 19.7. The van der Waals surface area contributed by atoms with Crippen LogP contribution in [0.5, 0.6) is 0 Å². The third kappa shape index (κ3) is 3.45. The summed E-state index contributed by atoms with van der Waals surface area (Å²) in [5.74, 6) is 0.181. The van der Waals surface area contributed by atoms with E-state index in [1.54, 1.807) is 17.2 Å². The molecule has 2 heterocycles. The number of hydrogen-bond donors (Lipinski definition) is 1. The summed E-state index contributed by atoms with van der Waals surface area (Å²) in [5.41, 5.74) is 2.95. The highest BCUT2D eigenvalue weighted by molar-refractivity contribution is 5.97. The van der Waals surface area contributed by atoms with Gasteiger partial charge in [0.1, 0.15) is 5.56 Å². The van der Waals surface area contributed by atoms with Crippen LogP contribution in [-0.4, -0.2) is 33.6 Å². The molecule has 1 saturated heterocycles. The number of likely N-dealkylation sites (tertiary alicyclic amines) is 1. The Morgan fingerprint density at radius 2 is 1.93 bits per heavy atom. The first kappa shape index (κ1) is 18.4. The van der Waals surface area contributed by atoms with Gasteiger partial charge in [-0.05, 0) is 42.0 Å². The van der Waals surface area contributed by atoms with Crippen molar-refractivity contribution in [1.82, 2.24) is 9.47 Å². The van der Waals surface area contributed by atoms with Gasteiger partial charge in [-0.25, -0.2) is 0 Å². The highest BCUT2D eigenvalue weighted by Crippen LogP contribution is 2.23. The number of carbonyl (C=O) groups is 1. The summed E-state index contributed by atoms with van der Waals surface area (Å²) in [6.45, 7) is 1.35. The number of para-hydroxylation sites is 1. The lowest BCUT2D eigenvalue weighted by Gasteiger charge is -2.18. The molecule has 144 valence electrons. The van der Waals surface area contributed by atoms with E-state index in [0.717, 1.165) is 23.9 Å². The smallest absolute Gasteiger partial charge is 0.259 e. The topological polar surface area (TPSA) is 62.5 Å². The number of amides is 1. The van der Waals surface area contributed by atoms with Crippen molar-refractivity contribution in [3.8, 4) is 0 Å². The van der Waals surface area contributed by atoms with Crippen LogP contribution in [0.25, 0.3) is 10.9 Å². The van der Waals surface area contributed by atoms with E-state index in [-0.39, 0.29) is 23.5 Å². The van der Waals surface area contributed by atoms with Gasteiger partial charge in [0.2, 0.25) is 5.43 Å². The highest BCUT2D eigenvalue weighted by Gasteiger charge is 2.29. The van der Waals surface area contributed by atoms with Crippen molar-refractivity contribution in [2.24, 2.45) is 13.0 Å². The number of rotatable bonds is 4. The van der Waals surface area contributed by atoms with Gasteiger partial charge in [-0.15, -0.1) is 0 Å². The summed E-state index contributed by atoms with van der Waals surface area (Å²) in [4.78, 5) is 27.7. The zero-order valence-electron chi connectivity index (χ0n) is 16.0. The second-order valence-electron chi connectivity index (χ2n) is 7.59. The lowest BCUT2D eigenvalue weighted by atomic mass is 9.97. The minimum absolute atomic E-state index is 0.0361. The van der Waals surface area contributed by atoms with Crippen molar-refractivity contribution < 1.29 is 9.90 Å². The van der Waals surface area contributed by atoms with E-state index in [4.69, 9.17) is 0 Å². The van der Waals surface area contributed by atoms with Crippen LogP contribution < -0.4 is 5.43 Å². The number of nitrogens with zero attached hydrogens (tertiary/aromatic N) is 2. The Morgan fingerprint density at radius 1 is 1.14 bits per heavy atom. The van der Waals surface area contributed by atoms with Crippen molar-refractivity contribution in [2.45, 2.75) is 19.4 Å². The second kappa shape index (κ2) is 7.60. The molecule has 4 rings (SSSR count). The Morgan fingerprint density at radius 3 is 2.75 bits per heavy atom. The number of pyridine rings is 1. The number of aromatic nitrogens is 1. The Kier molecular flexibility index (Phi) is 5.01. The number of fused-ring (bicyclic) bond motifs is 1. The minimum Gasteiger partial charge on any atom is -0.392 e. The third-order valence-corrected chi connectivity index (χ3v) is 5.60. The van der Waals surface area contributed by atoms with Crippen LogP contribution in [-0.2, 0) is 20.1 Å². The lowest BCUT2D eigenvalue weighted by Crippen LogP contribution is -2.33. The van der Waals surface area contributed by atoms with Gasteiger partial charge in [0.25, 0.3) is 5.91 Å². The SMILES string of the molecule is Cn1cc(C(=O)N2CC[C@@H](Cc3cccc(CO)c3)C2)c(=O)c2ccccc21. The van der Waals surface area contributed by atoms with E-state index in [1.807, 2.05) is 48.0 Å². The van der Waals surface area contributed by atoms with Gasteiger partial charge in [-0.2, -0.15) is 0 Å². The molecule has 1 atom stereocenters. The van der Waals surface area contributed by atoms with Crippen LogP contribution in [0, 0.1) is 5.92 Å². The van der Waals surface area contributed by atoms with Crippen LogP contribution in [0.1, 0.15) is 27.9 Å². The molecule has 0 radical (unpaired) electrons. The van der Waals surface area contributed by atoms with Gasteiger partial charge < -0.3 is 14.6 Å². The normalized spacial score (nSPS) is 16.6. The molecule has 5 heteroatoms. The fourth-order valence-corrected chi connectivity index (χ4v) is 4.13. The molecule has 1 aliphatic heterocycles. The molecule has 1 aliphatic rings. The van der Waals surface area contributed by atoms with Crippen LogP contribution in [0.15, 0.2) is 59.5 Å². The Balaban J connectivity index is 1.53. The number of hydrogen-bond acceptors (Lipinski definition) is 3. The maximum absolute atomic E-state index is 13.0. The van der Waals surface area contributed by atoms with Gasteiger partial charge in [-0.3, -0.25) is 9.59 Å². The molecule has 0 aliphatic carbocycles. The first-order valence-electron chi connectivity index (χ1n) is 9.63. The van der Waals surface area contributed by atoms with Crippen molar-refractivity contribution >= 4 is 16.8 Å². The molecular weight excluding hydrogens is 352 g/mol. The van der Waals surface area contributed by atoms with Crippen LogP contribution in [0.3, 0.4) is 0 Å². The maximum atomic E-state index is 13.0. The number of aliphatic hydroxyl groups is 1. The summed E-state index contributed by atoms with van der Waals surface area (Å²) < 4.78 is 1.85. The van der Waals surface area contributed by atoms with Crippen LogP contribution >= 0.6 is 0 Å². The fourth-order valence-electron chi connectivity index (χ4n) is 4.13. The van der Waals surface area contributed by atoms with Gasteiger partial charge in [0.15, 0.2) is 0 Å². The second-order valence-corrected chi connectivity index (χ2v) is 7.59. The van der Waals surface area contributed by atoms with E-state index in [2.05, 4.69) is 6.07 Å². The van der Waals surface area contributed by atoms with Crippen LogP contribution in [0.4, 0.5) is 0 Å². The Hall–Kier alpha value is -2.92. The molecule has 28 heavy (non-hydrogen) atoms. The minimum atomic E-state index is -0.196. The molecule has 1 aromatic heterocycles. The average molecular weight is 376 g/mol. The molecule has 0 bridgehead atoms. The third-order valence-electron chi connectivity index (χ3n) is 5.60. The summed E-state index contributed by atoms with van der Waals surface area (Å²) in [6.07, 6.45) is 3.45. The van der Waals surface area contributed by atoms with Crippen LogP contribution in [0.2, 0.25) is 0 Å². The van der Waals surface area contributed by atoms with Crippen molar-refractivity contribution in [3.63, 3.8) is 0 Å². The first-order valence-corrected chi connectivity index (χ1v) is 9.63. The molecule has 5 nitrogen and oxygen atoms in total. The molecule has 1 N–H and O–H groups in total. The average Bonchev–Trinajstić information content (AvgIpc) is 3.19. The Labute approximate surface area is 163 Å². The number of aliphatic hydroxyl groups excluding tert-OH is 1. The molecule has 0 unspecified atom stereocenters. The molecule has 1 amide bonds. The quantitative estimate of drug-likeness (QED) is 0.762. The number of benzene rings is 2. The molecule has 0 spiro atoms. The van der Waals surface area contributed by atoms with Crippen molar-refractivity contribution in [3.05, 3.63) is 81.6 Å². The standard InChI is InChI=1S/C23H24N2O3/c1-24-14-20(22(27)19-7-2-3-8-21(19)24)23(28)25-10-9-17(13-25)11-16-5-4-6-18(12-16)15-26/h2-8,12,14,17,26H,9-11,13,15H2,1H3/t17-/m0/s1. The molecule has 2 aromatic carbocycles. The largest absolute Gasteiger partial charge is 0.392 e. The monoisotopic (exact) mass is 376 g/mol. The van der Waals surface area contributed by atoms with E-state index >= 15 is 0 Å². The predicted molar refractivity (Wildman–Crippen MR) is 109 cm³/mol. The van der Waals surface area contributed by atoms with Gasteiger partial charge in [0, 0.05) is 31.7 Å². The number of aryl methyl sites for hydroxylation is 1. The van der Waals surface area contributed by atoms with Crippen molar-refractivity contribution in [1.29, 1.82) is 0 Å². The van der Waals surface area contributed by atoms with E-state index in [0.29, 0.717) is 24.4 Å². The first-order chi connectivity index (χ1) is 13.6. The van der Waals surface area contributed by atoms with E-state index in [1.165, 1.54) is 5.56 Å².